The van der Waals surface area contributed by atoms with E-state index in [0.29, 0.717) is 0 Å². The molecule has 0 spiro atoms. The maximum atomic E-state index is 11.1. The Morgan fingerprint density at radius 2 is 2.44 bits per heavy atom. The lowest BCUT2D eigenvalue weighted by atomic mass is 10.00. The van der Waals surface area contributed by atoms with Crippen LogP contribution < -0.4 is 5.73 Å². The molecule has 1 unspecified atom stereocenters. The number of pyridine rings is 1. The molecule has 5 nitrogen and oxygen atoms in total. The second kappa shape index (κ2) is 3.94. The highest BCUT2D eigenvalue weighted by Gasteiger charge is 2.22. The van der Waals surface area contributed by atoms with Gasteiger partial charge < -0.3 is 15.4 Å². The van der Waals surface area contributed by atoms with E-state index in [1.165, 1.54) is 0 Å². The zero-order valence-corrected chi connectivity index (χ0v) is 8.92. The summed E-state index contributed by atoms with van der Waals surface area (Å²) >= 11 is 0. The molecule has 5 heteroatoms. The maximum absolute atomic E-state index is 11.1. The third kappa shape index (κ3) is 1.55. The number of rotatable bonds is 3. The van der Waals surface area contributed by atoms with Gasteiger partial charge in [0.25, 0.3) is 0 Å². The van der Waals surface area contributed by atoms with Crippen molar-refractivity contribution in [1.82, 2.24) is 9.55 Å². The van der Waals surface area contributed by atoms with Gasteiger partial charge in [0.15, 0.2) is 0 Å². The van der Waals surface area contributed by atoms with Crippen molar-refractivity contribution < 1.29 is 9.90 Å². The first-order chi connectivity index (χ1) is 7.65. The lowest BCUT2D eigenvalue weighted by Gasteiger charge is -2.07. The van der Waals surface area contributed by atoms with Gasteiger partial charge in [-0.2, -0.15) is 0 Å². The summed E-state index contributed by atoms with van der Waals surface area (Å²) < 4.78 is 1.82. The molecule has 0 fully saturated rings. The van der Waals surface area contributed by atoms with Crippen molar-refractivity contribution in [3.63, 3.8) is 0 Å². The molecule has 2 rings (SSSR count). The van der Waals surface area contributed by atoms with Gasteiger partial charge in [0, 0.05) is 31.4 Å². The van der Waals surface area contributed by atoms with Crippen molar-refractivity contribution in [1.29, 1.82) is 0 Å². The number of carbonyl (C=O) groups is 1. The van der Waals surface area contributed by atoms with Crippen LogP contribution in [0.3, 0.4) is 0 Å². The van der Waals surface area contributed by atoms with Crippen molar-refractivity contribution in [2.75, 3.05) is 6.54 Å². The van der Waals surface area contributed by atoms with Gasteiger partial charge in [0.1, 0.15) is 5.65 Å². The molecular formula is C11H13N3O2. The van der Waals surface area contributed by atoms with Crippen LogP contribution in [-0.4, -0.2) is 27.2 Å². The summed E-state index contributed by atoms with van der Waals surface area (Å²) in [4.78, 5) is 15.3. The van der Waals surface area contributed by atoms with Crippen LogP contribution in [0.5, 0.6) is 0 Å². The van der Waals surface area contributed by atoms with Crippen LogP contribution >= 0.6 is 0 Å². The maximum Gasteiger partial charge on any atom is 0.312 e. The summed E-state index contributed by atoms with van der Waals surface area (Å²) in [5.41, 5.74) is 6.99. The smallest absolute Gasteiger partial charge is 0.312 e. The van der Waals surface area contributed by atoms with Gasteiger partial charge in [0.05, 0.1) is 5.92 Å². The van der Waals surface area contributed by atoms with E-state index >= 15 is 0 Å². The van der Waals surface area contributed by atoms with Crippen LogP contribution in [-0.2, 0) is 11.8 Å². The molecule has 2 aromatic rings. The first-order valence-corrected chi connectivity index (χ1v) is 4.98. The number of hydrogen-bond acceptors (Lipinski definition) is 3. The number of fused-ring (bicyclic) bond motifs is 1. The normalized spacial score (nSPS) is 12.9. The largest absolute Gasteiger partial charge is 0.481 e. The highest BCUT2D eigenvalue weighted by molar-refractivity contribution is 5.88. The van der Waals surface area contributed by atoms with E-state index in [9.17, 15) is 4.79 Å². The Hall–Kier alpha value is -1.88. The van der Waals surface area contributed by atoms with Crippen molar-refractivity contribution >= 4 is 17.0 Å². The fourth-order valence-electron chi connectivity index (χ4n) is 1.88. The van der Waals surface area contributed by atoms with E-state index in [-0.39, 0.29) is 6.54 Å². The minimum Gasteiger partial charge on any atom is -0.481 e. The number of aromatic nitrogens is 2. The molecule has 2 aromatic heterocycles. The number of nitrogens with two attached hydrogens (primary N) is 1. The average molecular weight is 219 g/mol. The molecular weight excluding hydrogens is 206 g/mol. The summed E-state index contributed by atoms with van der Waals surface area (Å²) in [5, 5.41) is 9.94. The van der Waals surface area contributed by atoms with Gasteiger partial charge in [-0.3, -0.25) is 4.79 Å². The number of carboxylic acid groups (broad SMARTS) is 1. The van der Waals surface area contributed by atoms with Gasteiger partial charge >= 0.3 is 5.97 Å². The first-order valence-electron chi connectivity index (χ1n) is 4.98. The molecule has 1 atom stereocenters. The van der Waals surface area contributed by atoms with E-state index in [1.807, 2.05) is 17.7 Å². The van der Waals surface area contributed by atoms with Crippen molar-refractivity contribution in [2.24, 2.45) is 12.8 Å². The fraction of sp³-hybridized carbons (Fsp3) is 0.273. The Kier molecular flexibility index (Phi) is 2.62. The standard InChI is InChI=1S/C11H13N3O2/c1-14-6-9(8(5-12)11(15)16)7-3-2-4-13-10(7)14/h2-4,6,8H,5,12H2,1H3,(H,15,16). The number of hydrogen-bond donors (Lipinski definition) is 2. The molecule has 0 saturated carbocycles. The number of aliphatic carboxylic acids is 1. The van der Waals surface area contributed by atoms with Crippen molar-refractivity contribution in [3.8, 4) is 0 Å². The third-order valence-corrected chi connectivity index (χ3v) is 2.67. The molecule has 84 valence electrons. The van der Waals surface area contributed by atoms with E-state index < -0.39 is 11.9 Å². The van der Waals surface area contributed by atoms with Crippen LogP contribution in [0.15, 0.2) is 24.5 Å². The van der Waals surface area contributed by atoms with Gasteiger partial charge in [-0.25, -0.2) is 4.98 Å². The molecule has 0 aliphatic rings. The van der Waals surface area contributed by atoms with Gasteiger partial charge in [-0.1, -0.05) is 0 Å². The van der Waals surface area contributed by atoms with E-state index in [4.69, 9.17) is 10.8 Å². The molecule has 16 heavy (non-hydrogen) atoms. The zero-order chi connectivity index (χ0) is 11.7. The fourth-order valence-corrected chi connectivity index (χ4v) is 1.88. The summed E-state index contributed by atoms with van der Waals surface area (Å²) in [6, 6.07) is 3.66. The van der Waals surface area contributed by atoms with Crippen molar-refractivity contribution in [2.45, 2.75) is 5.92 Å². The molecule has 0 bridgehead atoms. The van der Waals surface area contributed by atoms with Crippen LogP contribution in [0.2, 0.25) is 0 Å². The van der Waals surface area contributed by atoms with Gasteiger partial charge in [0.2, 0.25) is 0 Å². The molecule has 2 heterocycles. The Morgan fingerprint density at radius 1 is 1.69 bits per heavy atom. The number of aryl methyl sites for hydroxylation is 1. The lowest BCUT2D eigenvalue weighted by Crippen LogP contribution is -2.20. The second-order valence-electron chi connectivity index (χ2n) is 3.70. The topological polar surface area (TPSA) is 81.1 Å². The predicted octanol–water partition coefficient (Wildman–Crippen LogP) is 0.700. The van der Waals surface area contributed by atoms with Crippen LogP contribution in [0, 0.1) is 0 Å². The SMILES string of the molecule is Cn1cc(C(CN)C(=O)O)c2cccnc21. The molecule has 0 saturated heterocycles. The van der Waals surface area contributed by atoms with E-state index in [0.717, 1.165) is 16.6 Å². The summed E-state index contributed by atoms with van der Waals surface area (Å²) in [6.45, 7) is 0.0866. The first kappa shape index (κ1) is 10.6. The molecule has 0 aliphatic carbocycles. The minimum absolute atomic E-state index is 0.0866. The molecule has 0 aromatic carbocycles. The van der Waals surface area contributed by atoms with Crippen LogP contribution in [0.25, 0.3) is 11.0 Å². The van der Waals surface area contributed by atoms with Gasteiger partial charge in [-0.15, -0.1) is 0 Å². The number of carboxylic acids is 1. The van der Waals surface area contributed by atoms with E-state index in [2.05, 4.69) is 4.98 Å². The Balaban J connectivity index is 2.64. The van der Waals surface area contributed by atoms with E-state index in [1.54, 1.807) is 18.5 Å². The van der Waals surface area contributed by atoms with Crippen LogP contribution in [0.1, 0.15) is 11.5 Å². The predicted molar refractivity (Wildman–Crippen MR) is 60.1 cm³/mol. The quantitative estimate of drug-likeness (QED) is 0.796. The van der Waals surface area contributed by atoms with Gasteiger partial charge in [-0.05, 0) is 17.7 Å². The molecule has 3 N–H and O–H groups in total. The molecule has 0 amide bonds. The lowest BCUT2D eigenvalue weighted by molar-refractivity contribution is -0.138. The third-order valence-electron chi connectivity index (χ3n) is 2.67. The highest BCUT2D eigenvalue weighted by Crippen LogP contribution is 2.25. The average Bonchev–Trinajstić information content (AvgIpc) is 2.58. The summed E-state index contributed by atoms with van der Waals surface area (Å²) in [7, 11) is 1.84. The minimum atomic E-state index is -0.904. The second-order valence-corrected chi connectivity index (χ2v) is 3.70. The highest BCUT2D eigenvalue weighted by atomic mass is 16.4. The molecule has 0 radical (unpaired) electrons. The Labute approximate surface area is 92.5 Å². The zero-order valence-electron chi connectivity index (χ0n) is 8.92. The molecule has 0 aliphatic heterocycles. The Morgan fingerprint density at radius 3 is 3.06 bits per heavy atom. The van der Waals surface area contributed by atoms with Crippen molar-refractivity contribution in [3.05, 3.63) is 30.1 Å². The number of nitrogens with zero attached hydrogens (tertiary/aromatic N) is 2. The van der Waals surface area contributed by atoms with Crippen LogP contribution in [0.4, 0.5) is 0 Å². The Bertz CT molecular complexity index is 533. The monoisotopic (exact) mass is 219 g/mol. The summed E-state index contributed by atoms with van der Waals surface area (Å²) in [5.74, 6) is -1.58. The summed E-state index contributed by atoms with van der Waals surface area (Å²) in [6.07, 6.45) is 3.47.